The van der Waals surface area contributed by atoms with Crippen molar-refractivity contribution < 1.29 is 9.84 Å². The largest absolute Gasteiger partial charge is 0.504 e. The summed E-state index contributed by atoms with van der Waals surface area (Å²) in [6, 6.07) is 3.57. The lowest BCUT2D eigenvalue weighted by Gasteiger charge is -2.08. The second-order valence-electron chi connectivity index (χ2n) is 3.88. The van der Waals surface area contributed by atoms with Crippen molar-refractivity contribution in [3.8, 4) is 11.5 Å². The summed E-state index contributed by atoms with van der Waals surface area (Å²) in [6.45, 7) is 0.723. The average Bonchev–Trinajstić information content (AvgIpc) is 2.97. The Morgan fingerprint density at radius 1 is 1.60 bits per heavy atom. The van der Waals surface area contributed by atoms with Gasteiger partial charge in [-0.25, -0.2) is 0 Å². The van der Waals surface area contributed by atoms with Gasteiger partial charge < -0.3 is 15.6 Å². The van der Waals surface area contributed by atoms with Crippen LogP contribution in [0.1, 0.15) is 17.9 Å². The number of halogens is 1. The Labute approximate surface area is 97.4 Å². The van der Waals surface area contributed by atoms with Crippen LogP contribution in [0, 0.1) is 5.92 Å². The third-order valence-electron chi connectivity index (χ3n) is 2.92. The molecule has 1 aliphatic rings. The zero-order valence-corrected chi connectivity index (χ0v) is 10.1. The van der Waals surface area contributed by atoms with Gasteiger partial charge in [0.05, 0.1) is 7.11 Å². The number of nitrogens with two attached hydrogens (primary N) is 1. The van der Waals surface area contributed by atoms with Crippen LogP contribution in [0.3, 0.4) is 0 Å². The molecule has 1 aromatic carbocycles. The van der Waals surface area contributed by atoms with Crippen LogP contribution < -0.4 is 10.5 Å². The van der Waals surface area contributed by atoms with E-state index in [1.807, 2.05) is 6.07 Å². The highest BCUT2D eigenvalue weighted by atomic mass is 79.9. The Balaban J connectivity index is 2.31. The maximum absolute atomic E-state index is 9.56. The van der Waals surface area contributed by atoms with Gasteiger partial charge in [-0.15, -0.1) is 0 Å². The molecular formula is C11H14BrNO2. The summed E-state index contributed by atoms with van der Waals surface area (Å²) >= 11 is 3.45. The highest BCUT2D eigenvalue weighted by molar-refractivity contribution is 9.10. The van der Waals surface area contributed by atoms with Gasteiger partial charge in [0.1, 0.15) is 0 Å². The molecule has 4 heteroatoms. The van der Waals surface area contributed by atoms with E-state index in [0.29, 0.717) is 17.6 Å². The second-order valence-corrected chi connectivity index (χ2v) is 4.74. The summed E-state index contributed by atoms with van der Waals surface area (Å²) in [7, 11) is 1.56. The lowest BCUT2D eigenvalue weighted by atomic mass is 10.1. The fraction of sp³-hybridized carbons (Fsp3) is 0.455. The first-order valence-corrected chi connectivity index (χ1v) is 5.73. The zero-order chi connectivity index (χ0) is 11.0. The fourth-order valence-corrected chi connectivity index (χ4v) is 2.52. The molecule has 3 nitrogen and oxygen atoms in total. The number of phenols is 1. The molecule has 0 spiro atoms. The molecule has 0 radical (unpaired) electrons. The number of hydrogen-bond acceptors (Lipinski definition) is 3. The summed E-state index contributed by atoms with van der Waals surface area (Å²) in [6.07, 6.45) is 1.13. The van der Waals surface area contributed by atoms with Crippen LogP contribution in [-0.4, -0.2) is 18.8 Å². The third kappa shape index (κ3) is 1.96. The van der Waals surface area contributed by atoms with Crippen LogP contribution >= 0.6 is 15.9 Å². The van der Waals surface area contributed by atoms with Crippen molar-refractivity contribution in [2.75, 3.05) is 13.7 Å². The van der Waals surface area contributed by atoms with E-state index in [0.717, 1.165) is 17.4 Å². The maximum atomic E-state index is 9.56. The first-order valence-electron chi connectivity index (χ1n) is 4.93. The highest BCUT2D eigenvalue weighted by Gasteiger charge is 2.38. The van der Waals surface area contributed by atoms with Gasteiger partial charge in [0.15, 0.2) is 11.5 Å². The van der Waals surface area contributed by atoms with E-state index in [1.54, 1.807) is 13.2 Å². The lowest BCUT2D eigenvalue weighted by molar-refractivity contribution is 0.372. The number of hydrogen-bond donors (Lipinski definition) is 2. The Morgan fingerprint density at radius 2 is 2.33 bits per heavy atom. The minimum absolute atomic E-state index is 0.165. The Morgan fingerprint density at radius 3 is 2.87 bits per heavy atom. The molecule has 82 valence electrons. The molecular weight excluding hydrogens is 258 g/mol. The summed E-state index contributed by atoms with van der Waals surface area (Å²) in [4.78, 5) is 0. The molecule has 0 bridgehead atoms. The fourth-order valence-electron chi connectivity index (χ4n) is 1.90. The number of methoxy groups -OCH3 is 1. The van der Waals surface area contributed by atoms with Gasteiger partial charge >= 0.3 is 0 Å². The van der Waals surface area contributed by atoms with Crippen LogP contribution in [0.25, 0.3) is 0 Å². The van der Waals surface area contributed by atoms with Crippen LogP contribution in [0.4, 0.5) is 0 Å². The van der Waals surface area contributed by atoms with Gasteiger partial charge in [-0.2, -0.15) is 0 Å². The van der Waals surface area contributed by atoms with Crippen molar-refractivity contribution in [2.45, 2.75) is 12.3 Å². The topological polar surface area (TPSA) is 55.5 Å². The Hall–Kier alpha value is -0.740. The Bertz CT molecular complexity index is 381. The summed E-state index contributed by atoms with van der Waals surface area (Å²) in [5.41, 5.74) is 6.80. The van der Waals surface area contributed by atoms with Crippen LogP contribution in [0.15, 0.2) is 16.6 Å². The second kappa shape index (κ2) is 4.02. The van der Waals surface area contributed by atoms with Crippen molar-refractivity contribution >= 4 is 15.9 Å². The normalized spacial score (nSPS) is 23.9. The van der Waals surface area contributed by atoms with Gasteiger partial charge in [-0.05, 0) is 42.5 Å². The van der Waals surface area contributed by atoms with Gasteiger partial charge in [-0.3, -0.25) is 0 Å². The first-order chi connectivity index (χ1) is 7.17. The van der Waals surface area contributed by atoms with Gasteiger partial charge in [0.25, 0.3) is 0 Å². The molecule has 2 unspecified atom stereocenters. The van der Waals surface area contributed by atoms with E-state index in [4.69, 9.17) is 10.5 Å². The van der Waals surface area contributed by atoms with E-state index in [1.165, 1.54) is 5.56 Å². The predicted octanol–water partition coefficient (Wildman–Crippen LogP) is 2.23. The molecule has 0 saturated heterocycles. The highest BCUT2D eigenvalue weighted by Crippen LogP contribution is 2.50. The van der Waals surface area contributed by atoms with Crippen molar-refractivity contribution in [3.63, 3.8) is 0 Å². The number of phenolic OH excluding ortho intramolecular Hbond substituents is 1. The van der Waals surface area contributed by atoms with E-state index in [2.05, 4.69) is 15.9 Å². The molecule has 2 rings (SSSR count). The molecule has 0 heterocycles. The lowest BCUT2D eigenvalue weighted by Crippen LogP contribution is -2.02. The quantitative estimate of drug-likeness (QED) is 0.887. The van der Waals surface area contributed by atoms with Crippen LogP contribution in [0.5, 0.6) is 11.5 Å². The summed E-state index contributed by atoms with van der Waals surface area (Å²) in [5, 5.41) is 9.56. The van der Waals surface area contributed by atoms with Crippen LogP contribution in [0.2, 0.25) is 0 Å². The molecule has 1 aromatic rings. The van der Waals surface area contributed by atoms with E-state index < -0.39 is 0 Å². The average molecular weight is 272 g/mol. The maximum Gasteiger partial charge on any atom is 0.160 e. The third-order valence-corrected chi connectivity index (χ3v) is 3.61. The molecule has 1 fully saturated rings. The molecule has 3 N–H and O–H groups in total. The molecule has 0 aliphatic heterocycles. The molecule has 1 aliphatic carbocycles. The SMILES string of the molecule is COc1cc(C2CC2CN)c(Br)cc1O. The van der Waals surface area contributed by atoms with E-state index in [-0.39, 0.29) is 5.75 Å². The monoisotopic (exact) mass is 271 g/mol. The minimum Gasteiger partial charge on any atom is -0.504 e. The van der Waals surface area contributed by atoms with Gasteiger partial charge in [-0.1, -0.05) is 15.9 Å². The molecule has 1 saturated carbocycles. The Kier molecular flexibility index (Phi) is 2.89. The number of ether oxygens (including phenoxy) is 1. The predicted molar refractivity (Wildman–Crippen MR) is 62.3 cm³/mol. The molecule has 15 heavy (non-hydrogen) atoms. The molecule has 2 atom stereocenters. The number of aromatic hydroxyl groups is 1. The van der Waals surface area contributed by atoms with E-state index >= 15 is 0 Å². The number of benzene rings is 1. The van der Waals surface area contributed by atoms with E-state index in [9.17, 15) is 5.11 Å². The minimum atomic E-state index is 0.165. The molecule has 0 amide bonds. The summed E-state index contributed by atoms with van der Waals surface area (Å²) in [5.74, 6) is 1.78. The standard InChI is InChI=1S/C11H14BrNO2/c1-15-11-3-8(7-2-6(7)5-13)9(12)4-10(11)14/h3-4,6-7,14H,2,5,13H2,1H3. The van der Waals surface area contributed by atoms with Gasteiger partial charge in [0, 0.05) is 4.47 Å². The van der Waals surface area contributed by atoms with Gasteiger partial charge in [0.2, 0.25) is 0 Å². The van der Waals surface area contributed by atoms with Crippen molar-refractivity contribution in [2.24, 2.45) is 11.7 Å². The smallest absolute Gasteiger partial charge is 0.160 e. The van der Waals surface area contributed by atoms with Crippen molar-refractivity contribution in [3.05, 3.63) is 22.2 Å². The van der Waals surface area contributed by atoms with Crippen molar-refractivity contribution in [1.82, 2.24) is 0 Å². The zero-order valence-electron chi connectivity index (χ0n) is 8.53. The first kappa shape index (κ1) is 10.8. The van der Waals surface area contributed by atoms with Crippen molar-refractivity contribution in [1.29, 1.82) is 0 Å². The number of rotatable bonds is 3. The molecule has 0 aromatic heterocycles. The van der Waals surface area contributed by atoms with Crippen LogP contribution in [-0.2, 0) is 0 Å². The summed E-state index contributed by atoms with van der Waals surface area (Å²) < 4.78 is 6.02.